The second-order valence-electron chi connectivity index (χ2n) is 5.37. The summed E-state index contributed by atoms with van der Waals surface area (Å²) >= 11 is 0. The average molecular weight is 296 g/mol. The number of ether oxygens (including phenoxy) is 1. The number of rotatable bonds is 3. The van der Waals surface area contributed by atoms with Crippen LogP contribution < -0.4 is 10.5 Å². The van der Waals surface area contributed by atoms with Crippen molar-refractivity contribution in [3.63, 3.8) is 0 Å². The Kier molecular flexibility index (Phi) is 3.70. The Morgan fingerprint density at radius 2 is 2.20 bits per heavy atom. The number of sulfonamides is 1. The summed E-state index contributed by atoms with van der Waals surface area (Å²) < 4.78 is 32.6. The summed E-state index contributed by atoms with van der Waals surface area (Å²) in [6.45, 7) is 1.58. The van der Waals surface area contributed by atoms with Crippen molar-refractivity contribution in [1.82, 2.24) is 4.31 Å². The van der Waals surface area contributed by atoms with Crippen LogP contribution in [-0.2, 0) is 16.4 Å². The standard InChI is InChI=1S/C14H20N2O3S/c15-10-12-3-1-2-7-16(12)20(17,18)13-4-5-14-11(9-13)6-8-19-14/h4-5,9,12H,1-3,6-8,10,15H2. The van der Waals surface area contributed by atoms with E-state index in [9.17, 15) is 8.42 Å². The van der Waals surface area contributed by atoms with Gasteiger partial charge in [0.1, 0.15) is 5.75 Å². The minimum Gasteiger partial charge on any atom is -0.493 e. The van der Waals surface area contributed by atoms with Crippen LogP contribution in [0, 0.1) is 0 Å². The van der Waals surface area contributed by atoms with E-state index in [1.165, 1.54) is 0 Å². The van der Waals surface area contributed by atoms with Gasteiger partial charge < -0.3 is 10.5 Å². The summed E-state index contributed by atoms with van der Waals surface area (Å²) in [7, 11) is -3.45. The van der Waals surface area contributed by atoms with E-state index in [0.29, 0.717) is 24.6 Å². The molecule has 0 bridgehead atoms. The van der Waals surface area contributed by atoms with Crippen LogP contribution in [0.25, 0.3) is 0 Å². The fourth-order valence-electron chi connectivity index (χ4n) is 2.98. The van der Waals surface area contributed by atoms with Crippen molar-refractivity contribution in [3.8, 4) is 5.75 Å². The molecule has 0 aromatic heterocycles. The normalized spacial score (nSPS) is 23.4. The Morgan fingerprint density at radius 3 is 3.00 bits per heavy atom. The molecule has 2 aliphatic rings. The lowest BCUT2D eigenvalue weighted by molar-refractivity contribution is 0.257. The van der Waals surface area contributed by atoms with Crippen LogP contribution in [0.15, 0.2) is 23.1 Å². The molecule has 3 rings (SSSR count). The molecule has 0 saturated carbocycles. The van der Waals surface area contributed by atoms with E-state index < -0.39 is 10.0 Å². The monoisotopic (exact) mass is 296 g/mol. The van der Waals surface area contributed by atoms with Gasteiger partial charge in [0.05, 0.1) is 11.5 Å². The molecule has 1 aromatic carbocycles. The first-order valence-corrected chi connectivity index (χ1v) is 8.54. The van der Waals surface area contributed by atoms with Crippen molar-refractivity contribution < 1.29 is 13.2 Å². The maximum atomic E-state index is 12.8. The first-order chi connectivity index (χ1) is 9.63. The maximum Gasteiger partial charge on any atom is 0.243 e. The van der Waals surface area contributed by atoms with Crippen molar-refractivity contribution in [2.45, 2.75) is 36.6 Å². The van der Waals surface area contributed by atoms with Gasteiger partial charge >= 0.3 is 0 Å². The number of nitrogens with two attached hydrogens (primary N) is 1. The molecule has 2 heterocycles. The molecule has 0 aliphatic carbocycles. The molecule has 20 heavy (non-hydrogen) atoms. The summed E-state index contributed by atoms with van der Waals surface area (Å²) in [6, 6.07) is 5.08. The van der Waals surface area contributed by atoms with Gasteiger partial charge in [0.2, 0.25) is 10.0 Å². The molecule has 110 valence electrons. The zero-order valence-electron chi connectivity index (χ0n) is 11.4. The van der Waals surface area contributed by atoms with Crippen LogP contribution in [0.4, 0.5) is 0 Å². The molecule has 0 radical (unpaired) electrons. The summed E-state index contributed by atoms with van der Waals surface area (Å²) in [4.78, 5) is 0.363. The number of benzene rings is 1. The third-order valence-corrected chi connectivity index (χ3v) is 6.06. The van der Waals surface area contributed by atoms with Crippen LogP contribution >= 0.6 is 0 Å². The third-order valence-electron chi connectivity index (χ3n) is 4.11. The molecule has 1 unspecified atom stereocenters. The summed E-state index contributed by atoms with van der Waals surface area (Å²) in [5.74, 6) is 0.804. The van der Waals surface area contributed by atoms with Crippen molar-refractivity contribution in [2.75, 3.05) is 19.7 Å². The van der Waals surface area contributed by atoms with Gasteiger partial charge in [0.25, 0.3) is 0 Å². The first kappa shape index (κ1) is 13.9. The van der Waals surface area contributed by atoms with Crippen molar-refractivity contribution in [3.05, 3.63) is 23.8 Å². The number of piperidine rings is 1. The van der Waals surface area contributed by atoms with Crippen LogP contribution in [0.1, 0.15) is 24.8 Å². The minimum absolute atomic E-state index is 0.0711. The number of nitrogens with zero attached hydrogens (tertiary/aromatic N) is 1. The topological polar surface area (TPSA) is 72.6 Å². The Morgan fingerprint density at radius 1 is 1.35 bits per heavy atom. The fourth-order valence-corrected chi connectivity index (χ4v) is 4.74. The fraction of sp³-hybridized carbons (Fsp3) is 0.571. The maximum absolute atomic E-state index is 12.8. The van der Waals surface area contributed by atoms with Gasteiger partial charge in [0.15, 0.2) is 0 Å². The third kappa shape index (κ3) is 2.32. The van der Waals surface area contributed by atoms with Gasteiger partial charge in [0, 0.05) is 25.6 Å². The second-order valence-corrected chi connectivity index (χ2v) is 7.26. The smallest absolute Gasteiger partial charge is 0.243 e. The van der Waals surface area contributed by atoms with Gasteiger partial charge in [-0.05, 0) is 36.6 Å². The van der Waals surface area contributed by atoms with Crippen LogP contribution in [0.5, 0.6) is 5.75 Å². The molecule has 1 atom stereocenters. The highest BCUT2D eigenvalue weighted by Crippen LogP contribution is 2.30. The average Bonchev–Trinajstić information content (AvgIpc) is 2.94. The highest BCUT2D eigenvalue weighted by molar-refractivity contribution is 7.89. The van der Waals surface area contributed by atoms with Gasteiger partial charge in [-0.2, -0.15) is 4.31 Å². The largest absolute Gasteiger partial charge is 0.493 e. The Bertz CT molecular complexity index is 600. The zero-order chi connectivity index (χ0) is 14.2. The molecule has 0 amide bonds. The van der Waals surface area contributed by atoms with Crippen LogP contribution in [-0.4, -0.2) is 38.5 Å². The van der Waals surface area contributed by atoms with Crippen molar-refractivity contribution in [2.24, 2.45) is 5.73 Å². The van der Waals surface area contributed by atoms with E-state index in [1.807, 2.05) is 0 Å². The summed E-state index contributed by atoms with van der Waals surface area (Å²) in [6.07, 6.45) is 3.58. The van der Waals surface area contributed by atoms with E-state index in [-0.39, 0.29) is 6.04 Å². The number of fused-ring (bicyclic) bond motifs is 1. The summed E-state index contributed by atoms with van der Waals surface area (Å²) in [5.41, 5.74) is 6.71. The Balaban J connectivity index is 1.94. The lowest BCUT2D eigenvalue weighted by Crippen LogP contribution is -2.47. The van der Waals surface area contributed by atoms with Gasteiger partial charge in [-0.15, -0.1) is 0 Å². The SMILES string of the molecule is NCC1CCCCN1S(=O)(=O)c1ccc2c(c1)CCO2. The Labute approximate surface area is 119 Å². The van der Waals surface area contributed by atoms with E-state index in [4.69, 9.17) is 10.5 Å². The second kappa shape index (κ2) is 5.35. The highest BCUT2D eigenvalue weighted by atomic mass is 32.2. The van der Waals surface area contributed by atoms with Crippen molar-refractivity contribution >= 4 is 10.0 Å². The molecule has 0 spiro atoms. The molecule has 2 N–H and O–H groups in total. The molecule has 1 fully saturated rings. The predicted molar refractivity (Wildman–Crippen MR) is 76.2 cm³/mol. The van der Waals surface area contributed by atoms with Crippen LogP contribution in [0.3, 0.4) is 0 Å². The van der Waals surface area contributed by atoms with E-state index in [1.54, 1.807) is 22.5 Å². The van der Waals surface area contributed by atoms with Gasteiger partial charge in [-0.25, -0.2) is 8.42 Å². The van der Waals surface area contributed by atoms with Gasteiger partial charge in [-0.1, -0.05) is 6.42 Å². The van der Waals surface area contributed by atoms with Gasteiger partial charge in [-0.3, -0.25) is 0 Å². The zero-order valence-corrected chi connectivity index (χ0v) is 12.2. The number of hydrogen-bond acceptors (Lipinski definition) is 4. The quantitative estimate of drug-likeness (QED) is 0.907. The lowest BCUT2D eigenvalue weighted by Gasteiger charge is -2.33. The van der Waals surface area contributed by atoms with E-state index in [0.717, 1.165) is 37.0 Å². The van der Waals surface area contributed by atoms with E-state index in [2.05, 4.69) is 0 Å². The van der Waals surface area contributed by atoms with E-state index >= 15 is 0 Å². The molecule has 2 aliphatic heterocycles. The molecule has 1 saturated heterocycles. The highest BCUT2D eigenvalue weighted by Gasteiger charge is 2.33. The number of hydrogen-bond donors (Lipinski definition) is 1. The van der Waals surface area contributed by atoms with Crippen LogP contribution in [0.2, 0.25) is 0 Å². The first-order valence-electron chi connectivity index (χ1n) is 7.10. The minimum atomic E-state index is -3.45. The summed E-state index contributed by atoms with van der Waals surface area (Å²) in [5, 5.41) is 0. The molecular weight excluding hydrogens is 276 g/mol. The predicted octanol–water partition coefficient (Wildman–Crippen LogP) is 1.12. The molecular formula is C14H20N2O3S. The lowest BCUT2D eigenvalue weighted by atomic mass is 10.1. The molecule has 1 aromatic rings. The Hall–Kier alpha value is -1.11. The van der Waals surface area contributed by atoms with Crippen molar-refractivity contribution in [1.29, 1.82) is 0 Å². The molecule has 5 nitrogen and oxygen atoms in total. The molecule has 6 heteroatoms.